The van der Waals surface area contributed by atoms with Crippen LogP contribution in [0.1, 0.15) is 54.4 Å². The molecule has 0 aromatic rings. The number of nitrogens with zero attached hydrogens (tertiary/aromatic N) is 2. The first-order valence-corrected chi connectivity index (χ1v) is 10.1. The van der Waals surface area contributed by atoms with E-state index in [4.69, 9.17) is 19.7 Å². The summed E-state index contributed by atoms with van der Waals surface area (Å²) >= 11 is 0. The van der Waals surface area contributed by atoms with E-state index in [1.807, 2.05) is 0 Å². The van der Waals surface area contributed by atoms with Crippen LogP contribution in [0.15, 0.2) is 0 Å². The minimum absolute atomic E-state index is 0.172. The lowest BCUT2D eigenvalue weighted by Crippen LogP contribution is -2.43. The van der Waals surface area contributed by atoms with E-state index >= 15 is 0 Å². The summed E-state index contributed by atoms with van der Waals surface area (Å²) in [6, 6.07) is -2.24. The van der Waals surface area contributed by atoms with Gasteiger partial charge in [0.25, 0.3) is 0 Å². The summed E-state index contributed by atoms with van der Waals surface area (Å²) in [7, 11) is 0. The summed E-state index contributed by atoms with van der Waals surface area (Å²) in [5, 5.41) is 17.7. The van der Waals surface area contributed by atoms with E-state index in [9.17, 15) is 28.0 Å². The van der Waals surface area contributed by atoms with Crippen LogP contribution in [0.4, 0.5) is 18.4 Å². The maximum atomic E-state index is 13.1. The van der Waals surface area contributed by atoms with Crippen molar-refractivity contribution in [2.45, 2.75) is 90.0 Å². The molecule has 0 saturated carbocycles. The molecule has 32 heavy (non-hydrogen) atoms. The fourth-order valence-corrected chi connectivity index (χ4v) is 3.08. The second kappa shape index (κ2) is 10.3. The standard InChI is InChI=1S/2C10H16FNO4/c2*1-10(2,3)16-9(15)12-5-6(11)4-7(12)8(13)14/h2*6-7H,4-5H2,1-3H3,(H,13,14)/t2*6-,7+/m10/s1. The van der Waals surface area contributed by atoms with Gasteiger partial charge >= 0.3 is 24.1 Å². The zero-order valence-corrected chi connectivity index (χ0v) is 19.1. The fourth-order valence-electron chi connectivity index (χ4n) is 3.08. The van der Waals surface area contributed by atoms with Gasteiger partial charge in [0.05, 0.1) is 13.1 Å². The third kappa shape index (κ3) is 8.46. The van der Waals surface area contributed by atoms with Gasteiger partial charge in [-0.15, -0.1) is 0 Å². The lowest BCUT2D eigenvalue weighted by atomic mass is 10.2. The van der Waals surface area contributed by atoms with Crippen LogP contribution in [0.2, 0.25) is 0 Å². The van der Waals surface area contributed by atoms with Crippen molar-refractivity contribution in [1.82, 2.24) is 9.80 Å². The quantitative estimate of drug-likeness (QED) is 0.635. The van der Waals surface area contributed by atoms with Crippen molar-refractivity contribution in [1.29, 1.82) is 0 Å². The molecule has 2 aliphatic heterocycles. The summed E-state index contributed by atoms with van der Waals surface area (Å²) in [6.45, 7) is 9.59. The molecule has 0 radical (unpaired) electrons. The molecule has 2 saturated heterocycles. The molecule has 184 valence electrons. The second-order valence-electron chi connectivity index (χ2n) is 9.64. The Morgan fingerprint density at radius 1 is 0.719 bits per heavy atom. The third-order valence-electron chi connectivity index (χ3n) is 4.33. The van der Waals surface area contributed by atoms with Crippen LogP contribution in [0.25, 0.3) is 0 Å². The van der Waals surface area contributed by atoms with Crippen molar-refractivity contribution in [3.8, 4) is 0 Å². The number of amides is 2. The van der Waals surface area contributed by atoms with Gasteiger partial charge in [0.15, 0.2) is 0 Å². The van der Waals surface area contributed by atoms with Gasteiger partial charge in [-0.05, 0) is 41.5 Å². The van der Waals surface area contributed by atoms with E-state index in [0.717, 1.165) is 9.80 Å². The van der Waals surface area contributed by atoms with Crippen molar-refractivity contribution in [3.63, 3.8) is 0 Å². The smallest absolute Gasteiger partial charge is 0.411 e. The highest BCUT2D eigenvalue weighted by atomic mass is 19.1. The number of ether oxygens (including phenoxy) is 2. The Bertz CT molecular complexity index is 659. The van der Waals surface area contributed by atoms with Crippen LogP contribution in [0.3, 0.4) is 0 Å². The van der Waals surface area contributed by atoms with Crippen LogP contribution in [0.5, 0.6) is 0 Å². The SMILES string of the molecule is CC(C)(C)OC(=O)N1C[C@@H](F)C[C@@H]1C(=O)O.CC(C)(C)OC(=O)N1C[C@H](F)C[C@H]1C(=O)O. The van der Waals surface area contributed by atoms with Gasteiger partial charge in [-0.3, -0.25) is 9.80 Å². The molecular formula is C20H32F2N2O8. The Morgan fingerprint density at radius 3 is 1.22 bits per heavy atom. The highest BCUT2D eigenvalue weighted by Crippen LogP contribution is 2.24. The molecule has 0 spiro atoms. The largest absolute Gasteiger partial charge is 0.480 e. The zero-order chi connectivity index (χ0) is 25.0. The number of hydrogen-bond donors (Lipinski definition) is 2. The van der Waals surface area contributed by atoms with Crippen LogP contribution in [0, 0.1) is 0 Å². The molecule has 2 amide bonds. The van der Waals surface area contributed by atoms with Gasteiger partial charge in [-0.1, -0.05) is 0 Å². The number of hydrogen-bond acceptors (Lipinski definition) is 6. The molecule has 0 bridgehead atoms. The molecule has 4 atom stereocenters. The number of carbonyl (C=O) groups excluding carboxylic acids is 2. The lowest BCUT2D eigenvalue weighted by molar-refractivity contribution is -0.142. The van der Waals surface area contributed by atoms with E-state index in [-0.39, 0.29) is 25.9 Å². The first-order chi connectivity index (χ1) is 14.4. The minimum Gasteiger partial charge on any atom is -0.480 e. The number of carbonyl (C=O) groups is 4. The Hall–Kier alpha value is -2.66. The van der Waals surface area contributed by atoms with E-state index < -0.39 is 59.8 Å². The number of aliphatic carboxylic acids is 2. The van der Waals surface area contributed by atoms with Gasteiger partial charge in [0.1, 0.15) is 35.6 Å². The Kier molecular flexibility index (Phi) is 8.82. The molecule has 2 fully saturated rings. The Balaban J connectivity index is 0.000000320. The van der Waals surface area contributed by atoms with Crippen LogP contribution in [-0.2, 0) is 19.1 Å². The van der Waals surface area contributed by atoms with Gasteiger partial charge < -0.3 is 19.7 Å². The first-order valence-electron chi connectivity index (χ1n) is 10.1. The van der Waals surface area contributed by atoms with Crippen molar-refractivity contribution >= 4 is 24.1 Å². The summed E-state index contributed by atoms with van der Waals surface area (Å²) < 4.78 is 36.1. The number of rotatable bonds is 2. The van der Waals surface area contributed by atoms with Crippen molar-refractivity contribution in [2.75, 3.05) is 13.1 Å². The number of carboxylic acid groups (broad SMARTS) is 2. The van der Waals surface area contributed by atoms with Crippen molar-refractivity contribution in [2.24, 2.45) is 0 Å². The average molecular weight is 466 g/mol. The van der Waals surface area contributed by atoms with E-state index in [0.29, 0.717) is 0 Å². The zero-order valence-electron chi connectivity index (χ0n) is 19.1. The Morgan fingerprint density at radius 2 is 1.00 bits per heavy atom. The molecule has 2 rings (SSSR count). The van der Waals surface area contributed by atoms with Crippen LogP contribution in [-0.4, -0.2) is 92.9 Å². The highest BCUT2D eigenvalue weighted by molar-refractivity contribution is 5.81. The number of likely N-dealkylation sites (tertiary alicyclic amines) is 2. The topological polar surface area (TPSA) is 134 Å². The lowest BCUT2D eigenvalue weighted by Gasteiger charge is -2.26. The molecule has 0 aliphatic carbocycles. The third-order valence-corrected chi connectivity index (χ3v) is 4.33. The van der Waals surface area contributed by atoms with Crippen molar-refractivity contribution < 1.29 is 47.6 Å². The molecular weight excluding hydrogens is 434 g/mol. The van der Waals surface area contributed by atoms with Gasteiger partial charge in [-0.2, -0.15) is 0 Å². The number of carboxylic acids is 2. The average Bonchev–Trinajstić information content (AvgIpc) is 3.15. The normalized spacial score (nSPS) is 25.6. The summed E-state index contributed by atoms with van der Waals surface area (Å²) in [6.07, 6.45) is -4.49. The summed E-state index contributed by atoms with van der Waals surface area (Å²) in [5.74, 6) is -2.41. The van der Waals surface area contributed by atoms with Gasteiger partial charge in [-0.25, -0.2) is 28.0 Å². The minimum atomic E-state index is -1.30. The molecule has 2 aliphatic rings. The fraction of sp³-hybridized carbons (Fsp3) is 0.800. The predicted octanol–water partition coefficient (Wildman–Crippen LogP) is 2.84. The Labute approximate surface area is 185 Å². The van der Waals surface area contributed by atoms with Crippen molar-refractivity contribution in [3.05, 3.63) is 0 Å². The molecule has 12 heteroatoms. The van der Waals surface area contributed by atoms with E-state index in [2.05, 4.69) is 0 Å². The predicted molar refractivity (Wildman–Crippen MR) is 108 cm³/mol. The highest BCUT2D eigenvalue weighted by Gasteiger charge is 2.42. The maximum Gasteiger partial charge on any atom is 0.411 e. The van der Waals surface area contributed by atoms with E-state index in [1.54, 1.807) is 41.5 Å². The molecule has 2 N–H and O–H groups in total. The van der Waals surface area contributed by atoms with Gasteiger partial charge in [0.2, 0.25) is 0 Å². The second-order valence-corrected chi connectivity index (χ2v) is 9.64. The number of alkyl halides is 2. The monoisotopic (exact) mass is 466 g/mol. The molecule has 2 heterocycles. The van der Waals surface area contributed by atoms with Crippen LogP contribution < -0.4 is 0 Å². The van der Waals surface area contributed by atoms with E-state index in [1.165, 1.54) is 0 Å². The molecule has 0 unspecified atom stereocenters. The summed E-state index contributed by atoms with van der Waals surface area (Å²) in [4.78, 5) is 46.7. The van der Waals surface area contributed by atoms with Crippen LogP contribution >= 0.6 is 0 Å². The number of halogens is 2. The van der Waals surface area contributed by atoms with Gasteiger partial charge in [0, 0.05) is 12.8 Å². The summed E-state index contributed by atoms with van der Waals surface area (Å²) in [5.41, 5.74) is -1.43. The molecule has 0 aromatic heterocycles. The first kappa shape index (κ1) is 27.4. The molecule has 0 aromatic carbocycles. The maximum absolute atomic E-state index is 13.1. The molecule has 10 nitrogen and oxygen atoms in total.